The first kappa shape index (κ1) is 14.0. The van der Waals surface area contributed by atoms with Crippen LogP contribution in [0.2, 0.25) is 0 Å². The predicted molar refractivity (Wildman–Crippen MR) is 81.6 cm³/mol. The Morgan fingerprint density at radius 2 is 1.65 bits per heavy atom. The lowest BCUT2D eigenvalue weighted by molar-refractivity contribution is 0.134. The second-order valence-corrected chi connectivity index (χ2v) is 4.98. The van der Waals surface area contributed by atoms with Crippen LogP contribution in [0.1, 0.15) is 25.0 Å². The second kappa shape index (κ2) is 5.73. The normalized spacial score (nSPS) is 13.1. The maximum absolute atomic E-state index is 11.2. The largest absolute Gasteiger partial charge is 0.378 e. The smallest absolute Gasteiger partial charge is 0.193 e. The Hall–Kier alpha value is -2.37. The fourth-order valence-electron chi connectivity index (χ4n) is 2.32. The summed E-state index contributed by atoms with van der Waals surface area (Å²) in [5.41, 5.74) is 1.56. The van der Waals surface area contributed by atoms with Crippen LogP contribution in [0.3, 0.4) is 0 Å². The van der Waals surface area contributed by atoms with Gasteiger partial charge in [0.1, 0.15) is 5.60 Å². The molecule has 2 aromatic rings. The molecule has 0 aliphatic rings. The van der Waals surface area contributed by atoms with Gasteiger partial charge < -0.3 is 5.11 Å². The van der Waals surface area contributed by atoms with E-state index in [0.29, 0.717) is 11.3 Å². The fourth-order valence-corrected chi connectivity index (χ4v) is 2.32. The molecule has 0 saturated carbocycles. The highest BCUT2D eigenvalue weighted by atomic mass is 16.3. The van der Waals surface area contributed by atoms with E-state index in [2.05, 4.69) is 4.85 Å². The summed E-state index contributed by atoms with van der Waals surface area (Å²) in [5.74, 6) is 0. The van der Waals surface area contributed by atoms with Crippen LogP contribution in [-0.4, -0.2) is 5.11 Å². The van der Waals surface area contributed by atoms with Gasteiger partial charge in [0.05, 0.1) is 6.57 Å². The van der Waals surface area contributed by atoms with Crippen molar-refractivity contribution in [3.05, 3.63) is 88.8 Å². The summed E-state index contributed by atoms with van der Waals surface area (Å²) >= 11 is 0. The van der Waals surface area contributed by atoms with E-state index < -0.39 is 5.60 Å². The van der Waals surface area contributed by atoms with Crippen LogP contribution < -0.4 is 0 Å². The summed E-state index contributed by atoms with van der Waals surface area (Å²) in [6, 6.07) is 16.6. The lowest BCUT2D eigenvalue weighted by atomic mass is 9.84. The molecule has 0 amide bonds. The summed E-state index contributed by atoms with van der Waals surface area (Å²) in [7, 11) is 0. The number of rotatable bonds is 3. The molecule has 2 nitrogen and oxygen atoms in total. The highest BCUT2D eigenvalue weighted by Crippen LogP contribution is 2.37. The van der Waals surface area contributed by atoms with Crippen molar-refractivity contribution in [3.8, 4) is 0 Å². The molecule has 2 rings (SSSR count). The number of aliphatic hydroxyl groups is 1. The van der Waals surface area contributed by atoms with Crippen LogP contribution in [0.5, 0.6) is 0 Å². The molecule has 0 heterocycles. The van der Waals surface area contributed by atoms with Crippen molar-refractivity contribution in [2.24, 2.45) is 0 Å². The maximum Gasteiger partial charge on any atom is 0.193 e. The van der Waals surface area contributed by atoms with Gasteiger partial charge in [-0.1, -0.05) is 60.2 Å². The first-order valence-corrected chi connectivity index (χ1v) is 6.49. The number of hydrogen-bond donors (Lipinski definition) is 1. The van der Waals surface area contributed by atoms with Gasteiger partial charge in [0.15, 0.2) is 5.69 Å². The van der Waals surface area contributed by atoms with Crippen molar-refractivity contribution >= 4 is 5.69 Å². The molecule has 2 aromatic carbocycles. The van der Waals surface area contributed by atoms with Crippen molar-refractivity contribution in [1.82, 2.24) is 0 Å². The van der Waals surface area contributed by atoms with Crippen LogP contribution in [0.15, 0.2) is 66.2 Å². The van der Waals surface area contributed by atoms with Crippen molar-refractivity contribution in [3.63, 3.8) is 0 Å². The van der Waals surface area contributed by atoms with E-state index in [0.717, 1.165) is 11.1 Å². The lowest BCUT2D eigenvalue weighted by Gasteiger charge is -2.28. The number of allylic oxidation sites excluding steroid dienone is 1. The minimum absolute atomic E-state index is 0.469. The summed E-state index contributed by atoms with van der Waals surface area (Å²) in [6.07, 6.45) is 1.80. The van der Waals surface area contributed by atoms with Gasteiger partial charge in [-0.15, -0.1) is 0 Å². The van der Waals surface area contributed by atoms with Gasteiger partial charge in [0.25, 0.3) is 0 Å². The lowest BCUT2D eigenvalue weighted by Crippen LogP contribution is -2.25. The molecule has 0 aromatic heterocycles. The number of hydrogen-bond acceptors (Lipinski definition) is 1. The monoisotopic (exact) mass is 263 g/mol. The fraction of sp³-hybridized carbons (Fsp3) is 0.167. The average Bonchev–Trinajstić information content (AvgIpc) is 2.47. The van der Waals surface area contributed by atoms with Gasteiger partial charge in [-0.3, -0.25) is 0 Å². The summed E-state index contributed by atoms with van der Waals surface area (Å²) in [4.78, 5) is 3.53. The summed E-state index contributed by atoms with van der Waals surface area (Å²) < 4.78 is 0. The topological polar surface area (TPSA) is 24.6 Å². The summed E-state index contributed by atoms with van der Waals surface area (Å²) in [6.45, 7) is 11.2. The van der Waals surface area contributed by atoms with E-state index in [9.17, 15) is 5.11 Å². The third-order valence-electron chi connectivity index (χ3n) is 3.15. The third-order valence-corrected chi connectivity index (χ3v) is 3.15. The van der Waals surface area contributed by atoms with Crippen molar-refractivity contribution < 1.29 is 5.11 Å². The first-order valence-electron chi connectivity index (χ1n) is 6.49. The average molecular weight is 263 g/mol. The Kier molecular flexibility index (Phi) is 4.02. The molecule has 0 saturated heterocycles. The maximum atomic E-state index is 11.2. The molecule has 0 bridgehead atoms. The minimum Gasteiger partial charge on any atom is -0.378 e. The van der Waals surface area contributed by atoms with E-state index in [1.807, 2.05) is 56.3 Å². The molecule has 0 spiro atoms. The molecule has 100 valence electrons. The Balaban J connectivity index is 2.72. The van der Waals surface area contributed by atoms with E-state index in [-0.39, 0.29) is 0 Å². The molecule has 2 heteroatoms. The third kappa shape index (κ3) is 2.64. The van der Waals surface area contributed by atoms with Crippen LogP contribution in [0.25, 0.3) is 4.85 Å². The molecular weight excluding hydrogens is 246 g/mol. The van der Waals surface area contributed by atoms with Crippen LogP contribution in [0, 0.1) is 6.57 Å². The first-order chi connectivity index (χ1) is 9.58. The van der Waals surface area contributed by atoms with Gasteiger partial charge in [-0.25, -0.2) is 4.85 Å². The zero-order valence-electron chi connectivity index (χ0n) is 11.7. The van der Waals surface area contributed by atoms with Crippen LogP contribution in [-0.2, 0) is 5.60 Å². The van der Waals surface area contributed by atoms with Crippen molar-refractivity contribution in [2.45, 2.75) is 19.4 Å². The molecule has 0 radical (unpaired) electrons. The van der Waals surface area contributed by atoms with Gasteiger partial charge in [-0.05, 0) is 31.1 Å². The zero-order valence-corrected chi connectivity index (χ0v) is 11.7. The molecule has 0 aliphatic carbocycles. The van der Waals surface area contributed by atoms with E-state index in [4.69, 9.17) is 6.57 Å². The van der Waals surface area contributed by atoms with Gasteiger partial charge >= 0.3 is 0 Å². The molecule has 0 aliphatic heterocycles. The Morgan fingerprint density at radius 1 is 1.05 bits per heavy atom. The van der Waals surface area contributed by atoms with E-state index in [1.165, 1.54) is 0 Å². The minimum atomic E-state index is -1.28. The zero-order chi connectivity index (χ0) is 14.6. The molecular formula is C18H17NO. The van der Waals surface area contributed by atoms with Crippen molar-refractivity contribution in [2.75, 3.05) is 0 Å². The van der Waals surface area contributed by atoms with Gasteiger partial charge in [0.2, 0.25) is 0 Å². The Morgan fingerprint density at radius 3 is 2.25 bits per heavy atom. The van der Waals surface area contributed by atoms with Crippen molar-refractivity contribution in [1.29, 1.82) is 0 Å². The van der Waals surface area contributed by atoms with Gasteiger partial charge in [0, 0.05) is 0 Å². The molecule has 1 N–H and O–H groups in total. The van der Waals surface area contributed by atoms with E-state index >= 15 is 0 Å². The molecule has 20 heavy (non-hydrogen) atoms. The molecule has 1 atom stereocenters. The second-order valence-electron chi connectivity index (χ2n) is 4.98. The summed E-state index contributed by atoms with van der Waals surface area (Å²) in [5, 5.41) is 11.2. The SMILES string of the molecule is [C-]#[N+]c1ccccc1C(O)(C=C(C)C)c1ccccc1. The quantitative estimate of drug-likeness (QED) is 0.642. The highest BCUT2D eigenvalue weighted by molar-refractivity contribution is 5.59. The predicted octanol–water partition coefficient (Wildman–Crippen LogP) is 4.44. The molecule has 1 unspecified atom stereocenters. The van der Waals surface area contributed by atoms with Crippen LogP contribution in [0.4, 0.5) is 5.69 Å². The number of nitrogens with zero attached hydrogens (tertiary/aromatic N) is 1. The Bertz CT molecular complexity index is 663. The number of benzene rings is 2. The highest BCUT2D eigenvalue weighted by Gasteiger charge is 2.30. The van der Waals surface area contributed by atoms with E-state index in [1.54, 1.807) is 18.2 Å². The standard InChI is InChI=1S/C18H17NO/c1-14(2)13-18(20,15-9-5-4-6-10-15)16-11-7-8-12-17(16)19-3/h4-13,20H,1-2H3. The number of para-hydroxylation sites is 1. The van der Waals surface area contributed by atoms with Gasteiger partial charge in [-0.2, -0.15) is 0 Å². The molecule has 0 fully saturated rings. The van der Waals surface area contributed by atoms with Crippen LogP contribution >= 0.6 is 0 Å². The Labute approximate surface area is 119 Å².